The summed E-state index contributed by atoms with van der Waals surface area (Å²) in [4.78, 5) is 22.8. The number of benzene rings is 1. The van der Waals surface area contributed by atoms with Gasteiger partial charge in [-0.15, -0.1) is 0 Å². The zero-order chi connectivity index (χ0) is 14.3. The van der Waals surface area contributed by atoms with Crippen molar-refractivity contribution in [2.75, 3.05) is 6.54 Å². The third-order valence-electron chi connectivity index (χ3n) is 2.43. The van der Waals surface area contributed by atoms with Crippen LogP contribution in [-0.4, -0.2) is 23.7 Å². The van der Waals surface area contributed by atoms with Gasteiger partial charge in [0.05, 0.1) is 0 Å². The zero-order valence-corrected chi connectivity index (χ0v) is 11.0. The molecule has 0 aliphatic rings. The van der Waals surface area contributed by atoms with Crippen molar-refractivity contribution < 1.29 is 14.7 Å². The number of hydrogen-bond acceptors (Lipinski definition) is 2. The van der Waals surface area contributed by atoms with E-state index in [0.29, 0.717) is 12.1 Å². The lowest BCUT2D eigenvalue weighted by Crippen LogP contribution is -2.40. The maximum absolute atomic E-state index is 11.6. The third-order valence-corrected chi connectivity index (χ3v) is 2.43. The average Bonchev–Trinajstić information content (AvgIpc) is 2.36. The second kappa shape index (κ2) is 7.20. The number of amides is 2. The van der Waals surface area contributed by atoms with Crippen LogP contribution in [0.4, 0.5) is 4.79 Å². The summed E-state index contributed by atoms with van der Waals surface area (Å²) in [6.45, 7) is 4.21. The third kappa shape index (κ3) is 5.25. The molecule has 0 radical (unpaired) electrons. The molecule has 1 atom stereocenters. The Kier molecular flexibility index (Phi) is 5.60. The van der Waals surface area contributed by atoms with Crippen LogP contribution in [0.3, 0.4) is 0 Å². The SMILES string of the molecule is CC(C)=CCNC(=O)N[C@H](C(=O)O)c1ccccc1. The molecule has 1 rings (SSSR count). The van der Waals surface area contributed by atoms with E-state index >= 15 is 0 Å². The molecule has 0 saturated carbocycles. The van der Waals surface area contributed by atoms with E-state index in [4.69, 9.17) is 5.11 Å². The Morgan fingerprint density at radius 1 is 1.26 bits per heavy atom. The first-order chi connectivity index (χ1) is 9.00. The Hall–Kier alpha value is -2.30. The fourth-order valence-corrected chi connectivity index (χ4v) is 1.46. The minimum atomic E-state index is -1.09. The van der Waals surface area contributed by atoms with Crippen LogP contribution in [-0.2, 0) is 4.79 Å². The fraction of sp³-hybridized carbons (Fsp3) is 0.286. The summed E-state index contributed by atoms with van der Waals surface area (Å²) in [6, 6.07) is 7.02. The maximum atomic E-state index is 11.6. The summed E-state index contributed by atoms with van der Waals surface area (Å²) in [5.74, 6) is -1.09. The lowest BCUT2D eigenvalue weighted by molar-refractivity contribution is -0.139. The van der Waals surface area contributed by atoms with Crippen molar-refractivity contribution in [1.82, 2.24) is 10.6 Å². The van der Waals surface area contributed by atoms with Crippen molar-refractivity contribution in [3.05, 3.63) is 47.5 Å². The molecule has 0 unspecified atom stereocenters. The number of carboxylic acid groups (broad SMARTS) is 1. The smallest absolute Gasteiger partial charge is 0.330 e. The number of carboxylic acids is 1. The standard InChI is InChI=1S/C14H18N2O3/c1-10(2)8-9-15-14(19)16-12(13(17)18)11-6-4-3-5-7-11/h3-8,12H,9H2,1-2H3,(H,17,18)(H2,15,16,19)/t12-/m0/s1. The average molecular weight is 262 g/mol. The van der Waals surface area contributed by atoms with Gasteiger partial charge in [-0.25, -0.2) is 9.59 Å². The molecule has 1 aromatic rings. The Balaban J connectivity index is 2.63. The van der Waals surface area contributed by atoms with Crippen molar-refractivity contribution >= 4 is 12.0 Å². The number of allylic oxidation sites excluding steroid dienone is 1. The largest absolute Gasteiger partial charge is 0.479 e. The van der Waals surface area contributed by atoms with E-state index in [1.165, 1.54) is 0 Å². The predicted molar refractivity (Wildman–Crippen MR) is 72.8 cm³/mol. The van der Waals surface area contributed by atoms with Crippen LogP contribution < -0.4 is 10.6 Å². The Morgan fingerprint density at radius 3 is 2.42 bits per heavy atom. The van der Waals surface area contributed by atoms with Crippen LogP contribution in [0.1, 0.15) is 25.5 Å². The monoisotopic (exact) mass is 262 g/mol. The van der Waals surface area contributed by atoms with E-state index < -0.39 is 18.0 Å². The molecule has 3 N–H and O–H groups in total. The molecule has 1 aromatic carbocycles. The summed E-state index contributed by atoms with van der Waals surface area (Å²) in [7, 11) is 0. The van der Waals surface area contributed by atoms with Crippen LogP contribution in [0.5, 0.6) is 0 Å². The van der Waals surface area contributed by atoms with Crippen LogP contribution in [0.25, 0.3) is 0 Å². The molecule has 0 bridgehead atoms. The van der Waals surface area contributed by atoms with Gasteiger partial charge in [0, 0.05) is 6.54 Å². The van der Waals surface area contributed by atoms with Gasteiger partial charge in [-0.1, -0.05) is 42.0 Å². The molecule has 0 fully saturated rings. The normalized spacial score (nSPS) is 11.3. The topological polar surface area (TPSA) is 78.4 Å². The maximum Gasteiger partial charge on any atom is 0.330 e. The number of hydrogen-bond donors (Lipinski definition) is 3. The van der Waals surface area contributed by atoms with E-state index in [2.05, 4.69) is 10.6 Å². The highest BCUT2D eigenvalue weighted by molar-refractivity contribution is 5.83. The van der Waals surface area contributed by atoms with Crippen LogP contribution >= 0.6 is 0 Å². The predicted octanol–water partition coefficient (Wildman–Crippen LogP) is 2.08. The molecule has 0 saturated heterocycles. The highest BCUT2D eigenvalue weighted by atomic mass is 16.4. The molecule has 2 amide bonds. The van der Waals surface area contributed by atoms with Gasteiger partial charge in [0.2, 0.25) is 0 Å². The molecule has 102 valence electrons. The minimum absolute atomic E-state index is 0.370. The fourth-order valence-electron chi connectivity index (χ4n) is 1.46. The minimum Gasteiger partial charge on any atom is -0.479 e. The van der Waals surface area contributed by atoms with Gasteiger partial charge in [0.1, 0.15) is 0 Å². The van der Waals surface area contributed by atoms with Crippen LogP contribution in [0.2, 0.25) is 0 Å². The van der Waals surface area contributed by atoms with Crippen molar-refractivity contribution in [2.45, 2.75) is 19.9 Å². The highest BCUT2D eigenvalue weighted by Gasteiger charge is 2.21. The number of carbonyl (C=O) groups excluding carboxylic acids is 1. The molecule has 0 aliphatic carbocycles. The summed E-state index contributed by atoms with van der Waals surface area (Å²) >= 11 is 0. The van der Waals surface area contributed by atoms with Crippen molar-refractivity contribution in [2.24, 2.45) is 0 Å². The van der Waals surface area contributed by atoms with E-state index in [-0.39, 0.29) is 0 Å². The molecule has 5 nitrogen and oxygen atoms in total. The Morgan fingerprint density at radius 2 is 1.89 bits per heavy atom. The first-order valence-electron chi connectivity index (χ1n) is 5.96. The van der Waals surface area contributed by atoms with Crippen molar-refractivity contribution in [3.63, 3.8) is 0 Å². The molecule has 0 spiro atoms. The number of urea groups is 1. The Bertz CT molecular complexity index is 465. The van der Waals surface area contributed by atoms with E-state index in [1.807, 2.05) is 19.9 Å². The molecule has 0 aromatic heterocycles. The van der Waals surface area contributed by atoms with E-state index in [9.17, 15) is 9.59 Å². The second-order valence-electron chi connectivity index (χ2n) is 4.32. The van der Waals surface area contributed by atoms with Crippen molar-refractivity contribution in [1.29, 1.82) is 0 Å². The van der Waals surface area contributed by atoms with E-state index in [1.54, 1.807) is 30.3 Å². The first kappa shape index (κ1) is 14.8. The molecular weight excluding hydrogens is 244 g/mol. The lowest BCUT2D eigenvalue weighted by atomic mass is 10.1. The number of rotatable bonds is 5. The Labute approximate surface area is 112 Å². The van der Waals surface area contributed by atoms with Gasteiger partial charge in [0.25, 0.3) is 0 Å². The summed E-state index contributed by atoms with van der Waals surface area (Å²) in [6.07, 6.45) is 1.85. The lowest BCUT2D eigenvalue weighted by Gasteiger charge is -2.15. The van der Waals surface area contributed by atoms with Gasteiger partial charge < -0.3 is 15.7 Å². The van der Waals surface area contributed by atoms with Gasteiger partial charge >= 0.3 is 12.0 Å². The van der Waals surface area contributed by atoms with Gasteiger partial charge in [-0.3, -0.25) is 0 Å². The van der Waals surface area contributed by atoms with E-state index in [0.717, 1.165) is 5.57 Å². The number of aliphatic carboxylic acids is 1. The quantitative estimate of drug-likeness (QED) is 0.711. The molecule has 0 heterocycles. The molecular formula is C14H18N2O3. The highest BCUT2D eigenvalue weighted by Crippen LogP contribution is 2.12. The zero-order valence-electron chi connectivity index (χ0n) is 11.0. The second-order valence-corrected chi connectivity index (χ2v) is 4.32. The molecule has 5 heteroatoms. The van der Waals surface area contributed by atoms with Gasteiger partial charge in [-0.2, -0.15) is 0 Å². The summed E-state index contributed by atoms with van der Waals surface area (Å²) in [5.41, 5.74) is 1.62. The molecule has 19 heavy (non-hydrogen) atoms. The summed E-state index contributed by atoms with van der Waals surface area (Å²) in [5, 5.41) is 14.1. The first-order valence-corrected chi connectivity index (χ1v) is 5.96. The number of carbonyl (C=O) groups is 2. The van der Waals surface area contributed by atoms with Gasteiger partial charge in [0.15, 0.2) is 6.04 Å². The van der Waals surface area contributed by atoms with Crippen LogP contribution in [0, 0.1) is 0 Å². The summed E-state index contributed by atoms with van der Waals surface area (Å²) < 4.78 is 0. The van der Waals surface area contributed by atoms with Crippen LogP contribution in [0.15, 0.2) is 42.0 Å². The van der Waals surface area contributed by atoms with Gasteiger partial charge in [-0.05, 0) is 19.4 Å². The molecule has 0 aliphatic heterocycles. The number of nitrogens with one attached hydrogen (secondary N) is 2. The van der Waals surface area contributed by atoms with Crippen molar-refractivity contribution in [3.8, 4) is 0 Å².